The fraction of sp³-hybridized carbons (Fsp3) is 0.267. The SMILES string of the molecule is C=CC(=C)C(=O)N[C@@H](C)c1cc(OCC)c(C#N)cn1. The van der Waals surface area contributed by atoms with Crippen molar-refractivity contribution in [3.63, 3.8) is 0 Å². The Morgan fingerprint density at radius 3 is 2.95 bits per heavy atom. The van der Waals surface area contributed by atoms with Gasteiger partial charge in [0, 0.05) is 17.8 Å². The molecule has 0 unspecified atom stereocenters. The van der Waals surface area contributed by atoms with Crippen LogP contribution in [0.1, 0.15) is 31.1 Å². The summed E-state index contributed by atoms with van der Waals surface area (Å²) in [6.07, 6.45) is 2.82. The lowest BCUT2D eigenvalue weighted by Crippen LogP contribution is -2.27. The van der Waals surface area contributed by atoms with Crippen LogP contribution in [0.15, 0.2) is 37.1 Å². The van der Waals surface area contributed by atoms with Gasteiger partial charge in [-0.25, -0.2) is 0 Å². The molecule has 0 saturated heterocycles. The number of rotatable bonds is 6. The van der Waals surface area contributed by atoms with E-state index in [-0.39, 0.29) is 17.5 Å². The topological polar surface area (TPSA) is 75.0 Å². The molecule has 0 aromatic carbocycles. The average molecular weight is 271 g/mol. The van der Waals surface area contributed by atoms with Crippen molar-refractivity contribution < 1.29 is 9.53 Å². The molecule has 0 aliphatic carbocycles. The van der Waals surface area contributed by atoms with Crippen molar-refractivity contribution in [1.29, 1.82) is 5.26 Å². The summed E-state index contributed by atoms with van der Waals surface area (Å²) in [5.41, 5.74) is 1.26. The van der Waals surface area contributed by atoms with E-state index in [9.17, 15) is 4.79 Å². The molecule has 0 saturated carbocycles. The number of ether oxygens (including phenoxy) is 1. The first-order valence-corrected chi connectivity index (χ1v) is 6.18. The van der Waals surface area contributed by atoms with Crippen LogP contribution < -0.4 is 10.1 Å². The maximum absolute atomic E-state index is 11.7. The first-order chi connectivity index (χ1) is 9.53. The molecule has 1 heterocycles. The number of carbonyl (C=O) groups excluding carboxylic acids is 1. The summed E-state index contributed by atoms with van der Waals surface area (Å²) in [5, 5.41) is 11.7. The van der Waals surface area contributed by atoms with Gasteiger partial charge in [-0.3, -0.25) is 9.78 Å². The first kappa shape index (κ1) is 15.4. The number of amides is 1. The Morgan fingerprint density at radius 1 is 1.70 bits per heavy atom. The number of aromatic nitrogens is 1. The van der Waals surface area contributed by atoms with Crippen molar-refractivity contribution in [1.82, 2.24) is 10.3 Å². The van der Waals surface area contributed by atoms with Crippen LogP contribution in [0.3, 0.4) is 0 Å². The van der Waals surface area contributed by atoms with E-state index < -0.39 is 0 Å². The van der Waals surface area contributed by atoms with Crippen LogP contribution in [0.5, 0.6) is 5.75 Å². The predicted octanol–water partition coefficient (Wildman–Crippen LogP) is 2.27. The number of nitrogens with one attached hydrogen (secondary N) is 1. The Bertz CT molecular complexity index is 573. The molecule has 104 valence electrons. The zero-order valence-corrected chi connectivity index (χ0v) is 11.6. The van der Waals surface area contributed by atoms with Gasteiger partial charge in [0.2, 0.25) is 0 Å². The predicted molar refractivity (Wildman–Crippen MR) is 76.0 cm³/mol. The van der Waals surface area contributed by atoms with E-state index in [0.717, 1.165) is 0 Å². The standard InChI is InChI=1S/C15H17N3O2/c1-5-10(3)15(19)18-11(4)13-7-14(20-6-2)12(8-16)9-17-13/h5,7,9,11H,1,3,6H2,2,4H3,(H,18,19)/t11-/m0/s1. The minimum Gasteiger partial charge on any atom is -0.492 e. The number of carbonyl (C=O) groups is 1. The Kier molecular flexibility index (Phi) is 5.48. The van der Waals surface area contributed by atoms with Crippen molar-refractivity contribution in [3.8, 4) is 11.8 Å². The molecule has 0 fully saturated rings. The molecule has 0 aliphatic heterocycles. The van der Waals surface area contributed by atoms with Crippen LogP contribution in [0.4, 0.5) is 0 Å². The van der Waals surface area contributed by atoms with E-state index in [4.69, 9.17) is 10.00 Å². The molecule has 0 radical (unpaired) electrons. The first-order valence-electron chi connectivity index (χ1n) is 6.18. The van der Waals surface area contributed by atoms with Crippen LogP contribution in [-0.2, 0) is 4.79 Å². The third-order valence-corrected chi connectivity index (χ3v) is 2.64. The van der Waals surface area contributed by atoms with Gasteiger partial charge >= 0.3 is 0 Å². The van der Waals surface area contributed by atoms with Gasteiger partial charge < -0.3 is 10.1 Å². The fourth-order valence-corrected chi connectivity index (χ4v) is 1.50. The summed E-state index contributed by atoms with van der Waals surface area (Å²) < 4.78 is 5.38. The minimum absolute atomic E-state index is 0.288. The Hall–Kier alpha value is -2.61. The summed E-state index contributed by atoms with van der Waals surface area (Å²) in [6, 6.07) is 3.34. The summed E-state index contributed by atoms with van der Waals surface area (Å²) in [6.45, 7) is 11.1. The van der Waals surface area contributed by atoms with E-state index in [2.05, 4.69) is 23.5 Å². The van der Waals surface area contributed by atoms with Crippen LogP contribution >= 0.6 is 0 Å². The van der Waals surface area contributed by atoms with Crippen molar-refractivity contribution in [2.75, 3.05) is 6.61 Å². The highest BCUT2D eigenvalue weighted by molar-refractivity contribution is 5.95. The number of nitriles is 1. The molecule has 0 aliphatic rings. The highest BCUT2D eigenvalue weighted by Crippen LogP contribution is 2.21. The lowest BCUT2D eigenvalue weighted by Gasteiger charge is -2.15. The second-order valence-electron chi connectivity index (χ2n) is 4.07. The van der Waals surface area contributed by atoms with E-state index in [0.29, 0.717) is 23.6 Å². The number of pyridine rings is 1. The third-order valence-electron chi connectivity index (χ3n) is 2.64. The lowest BCUT2D eigenvalue weighted by molar-refractivity contribution is -0.117. The van der Waals surface area contributed by atoms with Crippen LogP contribution in [-0.4, -0.2) is 17.5 Å². The fourth-order valence-electron chi connectivity index (χ4n) is 1.50. The monoisotopic (exact) mass is 271 g/mol. The summed E-state index contributed by atoms with van der Waals surface area (Å²) in [7, 11) is 0. The quantitative estimate of drug-likeness (QED) is 0.636. The average Bonchev–Trinajstić information content (AvgIpc) is 2.46. The largest absolute Gasteiger partial charge is 0.492 e. The lowest BCUT2D eigenvalue weighted by atomic mass is 10.1. The van der Waals surface area contributed by atoms with E-state index in [1.54, 1.807) is 13.0 Å². The highest BCUT2D eigenvalue weighted by Gasteiger charge is 2.14. The van der Waals surface area contributed by atoms with Crippen LogP contribution in [0.2, 0.25) is 0 Å². The molecule has 1 aromatic heterocycles. The molecule has 0 bridgehead atoms. The molecular formula is C15H17N3O2. The van der Waals surface area contributed by atoms with Gasteiger partial charge in [0.25, 0.3) is 5.91 Å². The normalized spacial score (nSPS) is 11.1. The molecule has 5 heteroatoms. The number of hydrogen-bond donors (Lipinski definition) is 1. The summed E-state index contributed by atoms with van der Waals surface area (Å²) in [4.78, 5) is 15.9. The van der Waals surface area contributed by atoms with Crippen LogP contribution in [0.25, 0.3) is 0 Å². The molecule has 1 rings (SSSR count). The molecule has 1 aromatic rings. The maximum atomic E-state index is 11.7. The second kappa shape index (κ2) is 7.10. The zero-order chi connectivity index (χ0) is 15.1. The van der Waals surface area contributed by atoms with Gasteiger partial charge in [-0.1, -0.05) is 19.2 Å². The van der Waals surface area contributed by atoms with E-state index in [1.165, 1.54) is 12.3 Å². The Morgan fingerprint density at radius 2 is 2.40 bits per heavy atom. The van der Waals surface area contributed by atoms with Crippen molar-refractivity contribution in [2.24, 2.45) is 0 Å². The van der Waals surface area contributed by atoms with Crippen LogP contribution in [0, 0.1) is 11.3 Å². The van der Waals surface area contributed by atoms with Gasteiger partial charge in [0.15, 0.2) is 0 Å². The number of nitrogens with zero attached hydrogens (tertiary/aromatic N) is 2. The van der Waals surface area contributed by atoms with E-state index in [1.807, 2.05) is 13.0 Å². The van der Waals surface area contributed by atoms with E-state index >= 15 is 0 Å². The van der Waals surface area contributed by atoms with Crippen molar-refractivity contribution in [2.45, 2.75) is 19.9 Å². The Balaban J connectivity index is 2.94. The molecule has 0 spiro atoms. The smallest absolute Gasteiger partial charge is 0.251 e. The van der Waals surface area contributed by atoms with Gasteiger partial charge in [-0.05, 0) is 13.8 Å². The highest BCUT2D eigenvalue weighted by atomic mass is 16.5. The van der Waals surface area contributed by atoms with Crippen molar-refractivity contribution in [3.05, 3.63) is 48.3 Å². The third kappa shape index (κ3) is 3.69. The van der Waals surface area contributed by atoms with Gasteiger partial charge in [-0.2, -0.15) is 5.26 Å². The zero-order valence-electron chi connectivity index (χ0n) is 11.6. The van der Waals surface area contributed by atoms with Crippen molar-refractivity contribution >= 4 is 5.91 Å². The minimum atomic E-state index is -0.328. The molecule has 1 N–H and O–H groups in total. The van der Waals surface area contributed by atoms with Gasteiger partial charge in [0.05, 0.1) is 18.3 Å². The molecule has 1 amide bonds. The maximum Gasteiger partial charge on any atom is 0.251 e. The summed E-state index contributed by atoms with van der Waals surface area (Å²) in [5.74, 6) is 0.153. The molecule has 5 nitrogen and oxygen atoms in total. The molecule has 1 atom stereocenters. The summed E-state index contributed by atoms with van der Waals surface area (Å²) >= 11 is 0. The molecular weight excluding hydrogens is 254 g/mol. The Labute approximate surface area is 118 Å². The second-order valence-corrected chi connectivity index (χ2v) is 4.07. The van der Waals surface area contributed by atoms with Gasteiger partial charge in [-0.15, -0.1) is 0 Å². The molecule has 20 heavy (non-hydrogen) atoms. The van der Waals surface area contributed by atoms with Gasteiger partial charge in [0.1, 0.15) is 17.4 Å². The number of hydrogen-bond acceptors (Lipinski definition) is 4.